The van der Waals surface area contributed by atoms with Gasteiger partial charge in [0.15, 0.2) is 0 Å². The van der Waals surface area contributed by atoms with Crippen LogP contribution in [-0.4, -0.2) is 8.42 Å². The minimum absolute atomic E-state index is 0.925. The van der Waals surface area contributed by atoms with Crippen molar-refractivity contribution >= 4 is 19.7 Å². The lowest BCUT2D eigenvalue weighted by Crippen LogP contribution is -1.76. The maximum Gasteiger partial charge on any atom is 0.254 e. The van der Waals surface area contributed by atoms with E-state index in [1.165, 1.54) is 6.08 Å². The lowest BCUT2D eigenvalue weighted by molar-refractivity contribution is 0.617. The zero-order valence-corrected chi connectivity index (χ0v) is 5.33. The molecule has 0 aliphatic carbocycles. The summed E-state index contributed by atoms with van der Waals surface area (Å²) >= 11 is 0. The van der Waals surface area contributed by atoms with Gasteiger partial charge >= 0.3 is 0 Å². The maximum absolute atomic E-state index is 9.91. The van der Waals surface area contributed by atoms with Crippen molar-refractivity contribution in [2.24, 2.45) is 0 Å². The Kier molecular flexibility index (Phi) is 2.32. The summed E-state index contributed by atoms with van der Waals surface area (Å²) in [4.78, 5) is 0. The first kappa shape index (κ1) is 6.98. The Labute approximate surface area is 47.2 Å². The lowest BCUT2D eigenvalue weighted by Gasteiger charge is -1.73. The van der Waals surface area contributed by atoms with E-state index < -0.39 is 9.05 Å². The molecule has 0 aromatic rings. The molecular formula is C3H5ClO2S. The van der Waals surface area contributed by atoms with E-state index >= 15 is 0 Å². The van der Waals surface area contributed by atoms with E-state index in [9.17, 15) is 8.42 Å². The van der Waals surface area contributed by atoms with E-state index in [0.717, 1.165) is 5.41 Å². The van der Waals surface area contributed by atoms with Crippen LogP contribution in [0.15, 0.2) is 11.5 Å². The second-order valence-electron chi connectivity index (χ2n) is 0.945. The predicted octanol–water partition coefficient (Wildman–Crippen LogP) is 1.09. The standard InChI is InChI=1S/C3H5ClO2S/c1-2-3-7(4,5)6/h2-3H,1H3/b3-2-. The van der Waals surface area contributed by atoms with Gasteiger partial charge in [-0.2, -0.15) is 0 Å². The van der Waals surface area contributed by atoms with Gasteiger partial charge in [-0.05, 0) is 6.92 Å². The molecule has 0 aromatic carbocycles. The minimum atomic E-state index is -3.38. The van der Waals surface area contributed by atoms with Gasteiger partial charge in [0.25, 0.3) is 9.05 Å². The highest BCUT2D eigenvalue weighted by molar-refractivity contribution is 8.16. The SMILES string of the molecule is C/C=C\S(=O)(=O)Cl. The molecule has 0 radical (unpaired) electrons. The van der Waals surface area contributed by atoms with Crippen LogP contribution in [0.25, 0.3) is 0 Å². The monoisotopic (exact) mass is 140 g/mol. The van der Waals surface area contributed by atoms with Gasteiger partial charge in [-0.25, -0.2) is 8.42 Å². The van der Waals surface area contributed by atoms with Crippen LogP contribution in [0.4, 0.5) is 0 Å². The van der Waals surface area contributed by atoms with Crippen molar-refractivity contribution < 1.29 is 8.42 Å². The molecule has 42 valence electrons. The largest absolute Gasteiger partial charge is 0.254 e. The normalized spacial score (nSPS) is 12.9. The van der Waals surface area contributed by atoms with Gasteiger partial charge in [0, 0.05) is 16.1 Å². The summed E-state index contributed by atoms with van der Waals surface area (Å²) < 4.78 is 19.8. The lowest BCUT2D eigenvalue weighted by atomic mass is 10.8. The smallest absolute Gasteiger partial charge is 0.208 e. The van der Waals surface area contributed by atoms with Crippen molar-refractivity contribution in [3.63, 3.8) is 0 Å². The molecule has 0 saturated carbocycles. The third-order valence-corrected chi connectivity index (χ3v) is 1.20. The molecule has 7 heavy (non-hydrogen) atoms. The molecule has 0 atom stereocenters. The van der Waals surface area contributed by atoms with Gasteiger partial charge in [-0.1, -0.05) is 6.08 Å². The summed E-state index contributed by atoms with van der Waals surface area (Å²) in [5.41, 5.74) is 0. The Hall–Kier alpha value is -0.0200. The van der Waals surface area contributed by atoms with Crippen molar-refractivity contribution in [1.29, 1.82) is 0 Å². The molecule has 0 amide bonds. The highest BCUT2D eigenvalue weighted by Gasteiger charge is 1.91. The summed E-state index contributed by atoms with van der Waals surface area (Å²) in [5, 5.41) is 0.925. The van der Waals surface area contributed by atoms with Crippen LogP contribution in [0.5, 0.6) is 0 Å². The molecule has 0 spiro atoms. The zero-order chi connectivity index (χ0) is 5.91. The van der Waals surface area contributed by atoms with Gasteiger partial charge in [0.05, 0.1) is 0 Å². The summed E-state index contributed by atoms with van der Waals surface area (Å²) in [6, 6.07) is 0. The number of hydrogen-bond donors (Lipinski definition) is 0. The fraction of sp³-hybridized carbons (Fsp3) is 0.333. The molecule has 0 bridgehead atoms. The van der Waals surface area contributed by atoms with Crippen LogP contribution in [0.3, 0.4) is 0 Å². The maximum atomic E-state index is 9.91. The van der Waals surface area contributed by atoms with Crippen molar-refractivity contribution in [2.75, 3.05) is 0 Å². The second kappa shape index (κ2) is 2.33. The average molecular weight is 141 g/mol. The van der Waals surface area contributed by atoms with E-state index in [4.69, 9.17) is 10.7 Å². The molecule has 0 unspecified atom stereocenters. The van der Waals surface area contributed by atoms with Gasteiger partial charge in [0.2, 0.25) is 0 Å². The van der Waals surface area contributed by atoms with Crippen molar-refractivity contribution in [2.45, 2.75) is 6.92 Å². The van der Waals surface area contributed by atoms with Gasteiger partial charge < -0.3 is 0 Å². The molecule has 0 saturated heterocycles. The van der Waals surface area contributed by atoms with Crippen molar-refractivity contribution in [1.82, 2.24) is 0 Å². The molecule has 0 heterocycles. The van der Waals surface area contributed by atoms with Crippen LogP contribution in [-0.2, 0) is 9.05 Å². The molecule has 4 heteroatoms. The molecular weight excluding hydrogens is 136 g/mol. The van der Waals surface area contributed by atoms with E-state index in [2.05, 4.69) is 0 Å². The van der Waals surface area contributed by atoms with Gasteiger partial charge in [-0.3, -0.25) is 0 Å². The fourth-order valence-corrected chi connectivity index (χ4v) is 0.796. The zero-order valence-electron chi connectivity index (χ0n) is 3.76. The fourth-order valence-electron chi connectivity index (χ4n) is 0.163. The Morgan fingerprint density at radius 2 is 2.00 bits per heavy atom. The number of halogens is 1. The van der Waals surface area contributed by atoms with Crippen molar-refractivity contribution in [3.05, 3.63) is 11.5 Å². The quantitative estimate of drug-likeness (QED) is 0.511. The first-order valence-electron chi connectivity index (χ1n) is 1.63. The molecule has 0 fully saturated rings. The summed E-state index contributed by atoms with van der Waals surface area (Å²) in [6.07, 6.45) is 1.36. The molecule has 0 aliphatic heterocycles. The van der Waals surface area contributed by atoms with E-state index in [0.29, 0.717) is 0 Å². The Balaban J connectivity index is 4.13. The molecule has 2 nitrogen and oxygen atoms in total. The van der Waals surface area contributed by atoms with Crippen LogP contribution in [0, 0.1) is 0 Å². The Morgan fingerprint density at radius 1 is 1.57 bits per heavy atom. The summed E-state index contributed by atoms with van der Waals surface area (Å²) in [5.74, 6) is 0. The molecule has 0 aliphatic rings. The Morgan fingerprint density at radius 3 is 2.00 bits per heavy atom. The van der Waals surface area contributed by atoms with Crippen LogP contribution >= 0.6 is 10.7 Å². The van der Waals surface area contributed by atoms with Crippen LogP contribution in [0.1, 0.15) is 6.92 Å². The van der Waals surface area contributed by atoms with E-state index in [1.54, 1.807) is 6.92 Å². The van der Waals surface area contributed by atoms with Crippen LogP contribution < -0.4 is 0 Å². The third kappa shape index (κ3) is 5.98. The van der Waals surface area contributed by atoms with Gasteiger partial charge in [0.1, 0.15) is 0 Å². The highest BCUT2D eigenvalue weighted by atomic mass is 35.7. The topological polar surface area (TPSA) is 34.1 Å². The van der Waals surface area contributed by atoms with E-state index in [1.807, 2.05) is 0 Å². The third-order valence-electron chi connectivity index (χ3n) is 0.299. The summed E-state index contributed by atoms with van der Waals surface area (Å²) in [7, 11) is 1.34. The average Bonchev–Trinajstić information content (AvgIpc) is 1.30. The first-order chi connectivity index (χ1) is 3.06. The molecule has 0 aromatic heterocycles. The molecule has 0 N–H and O–H groups in total. The van der Waals surface area contributed by atoms with E-state index in [-0.39, 0.29) is 0 Å². The Bertz CT molecular complexity index is 156. The first-order valence-corrected chi connectivity index (χ1v) is 4.01. The number of allylic oxidation sites excluding steroid dienone is 1. The summed E-state index contributed by atoms with van der Waals surface area (Å²) in [6.45, 7) is 1.58. The van der Waals surface area contributed by atoms with Crippen molar-refractivity contribution in [3.8, 4) is 0 Å². The molecule has 0 rings (SSSR count). The second-order valence-corrected chi connectivity index (χ2v) is 3.46. The highest BCUT2D eigenvalue weighted by Crippen LogP contribution is 1.95. The van der Waals surface area contributed by atoms with Gasteiger partial charge in [-0.15, -0.1) is 0 Å². The minimum Gasteiger partial charge on any atom is -0.208 e. The number of hydrogen-bond acceptors (Lipinski definition) is 2. The predicted molar refractivity (Wildman–Crippen MR) is 29.6 cm³/mol. The number of rotatable bonds is 1. The van der Waals surface area contributed by atoms with Crippen LogP contribution in [0.2, 0.25) is 0 Å².